The van der Waals surface area contributed by atoms with Crippen molar-refractivity contribution in [2.24, 2.45) is 0 Å². The number of pyridine rings is 1. The highest BCUT2D eigenvalue weighted by Crippen LogP contribution is 2.21. The van der Waals surface area contributed by atoms with Crippen molar-refractivity contribution >= 4 is 22.6 Å². The zero-order valence-corrected chi connectivity index (χ0v) is 21.0. The van der Waals surface area contributed by atoms with Crippen LogP contribution in [0.15, 0.2) is 66.4 Å². The van der Waals surface area contributed by atoms with Gasteiger partial charge in [-0.25, -0.2) is 9.37 Å². The number of nitrogens with zero attached hydrogens (tertiary/aromatic N) is 3. The van der Waals surface area contributed by atoms with E-state index in [1.54, 1.807) is 42.5 Å². The van der Waals surface area contributed by atoms with Crippen LogP contribution in [0.5, 0.6) is 5.75 Å². The Balaban J connectivity index is 1.08. The van der Waals surface area contributed by atoms with Crippen molar-refractivity contribution in [3.8, 4) is 5.75 Å². The van der Waals surface area contributed by atoms with Crippen LogP contribution in [0.25, 0.3) is 10.8 Å². The van der Waals surface area contributed by atoms with Gasteiger partial charge in [-0.2, -0.15) is 0 Å². The van der Waals surface area contributed by atoms with Gasteiger partial charge in [-0.15, -0.1) is 0 Å². The number of piperidine rings is 1. The summed E-state index contributed by atoms with van der Waals surface area (Å²) in [5.41, 5.74) is 2.64. The van der Waals surface area contributed by atoms with E-state index in [2.05, 4.69) is 21.3 Å². The van der Waals surface area contributed by atoms with Crippen molar-refractivity contribution in [2.75, 3.05) is 33.3 Å². The summed E-state index contributed by atoms with van der Waals surface area (Å²) in [5, 5.41) is 5.08. The third-order valence-electron chi connectivity index (χ3n) is 7.11. The summed E-state index contributed by atoms with van der Waals surface area (Å²) >= 11 is 0. The molecule has 2 amide bonds. The molecule has 2 aliphatic rings. The Morgan fingerprint density at radius 3 is 2.62 bits per heavy atom. The van der Waals surface area contributed by atoms with Gasteiger partial charge in [-0.3, -0.25) is 14.5 Å². The molecule has 0 spiro atoms. The van der Waals surface area contributed by atoms with E-state index in [1.165, 1.54) is 11.6 Å². The fourth-order valence-corrected chi connectivity index (χ4v) is 5.08. The van der Waals surface area contributed by atoms with E-state index < -0.39 is 0 Å². The Morgan fingerprint density at radius 2 is 1.86 bits per heavy atom. The predicted molar refractivity (Wildman–Crippen MR) is 140 cm³/mol. The average Bonchev–Trinajstić information content (AvgIpc) is 3.35. The molecule has 5 rings (SSSR count). The molecule has 2 saturated heterocycles. The molecule has 3 aromatic rings. The number of halogens is 1. The maximum atomic E-state index is 13.4. The summed E-state index contributed by atoms with van der Waals surface area (Å²) in [7, 11) is 1.56. The molecular formula is C29H31FN4O3. The molecule has 1 atom stereocenters. The van der Waals surface area contributed by atoms with Crippen LogP contribution in [0.1, 0.15) is 35.3 Å². The minimum atomic E-state index is -0.224. The predicted octanol–water partition coefficient (Wildman–Crippen LogP) is 3.94. The monoisotopic (exact) mass is 502 g/mol. The van der Waals surface area contributed by atoms with E-state index >= 15 is 0 Å². The average molecular weight is 503 g/mol. The third kappa shape index (κ3) is 6.14. The Bertz CT molecular complexity index is 1310. The second kappa shape index (κ2) is 11.1. The topological polar surface area (TPSA) is 74.8 Å². The summed E-state index contributed by atoms with van der Waals surface area (Å²) in [4.78, 5) is 33.7. The molecule has 7 nitrogen and oxygen atoms in total. The van der Waals surface area contributed by atoms with E-state index in [0.717, 1.165) is 42.4 Å². The van der Waals surface area contributed by atoms with E-state index in [4.69, 9.17) is 4.74 Å². The molecular weight excluding hydrogens is 471 g/mol. The van der Waals surface area contributed by atoms with E-state index in [9.17, 15) is 14.0 Å². The van der Waals surface area contributed by atoms with Crippen molar-refractivity contribution in [3.63, 3.8) is 0 Å². The number of aromatic nitrogens is 1. The molecule has 3 heterocycles. The second-order valence-corrected chi connectivity index (χ2v) is 9.73. The summed E-state index contributed by atoms with van der Waals surface area (Å²) in [6.45, 7) is 3.66. The number of likely N-dealkylation sites (tertiary alicyclic amines) is 2. The fourth-order valence-electron chi connectivity index (χ4n) is 5.08. The van der Waals surface area contributed by atoms with Gasteiger partial charge in [-0.1, -0.05) is 23.8 Å². The fraction of sp³-hybridized carbons (Fsp3) is 0.345. The summed E-state index contributed by atoms with van der Waals surface area (Å²) in [6.07, 6.45) is 5.51. The first-order valence-corrected chi connectivity index (χ1v) is 12.7. The molecule has 2 aliphatic heterocycles. The van der Waals surface area contributed by atoms with E-state index in [0.29, 0.717) is 37.4 Å². The van der Waals surface area contributed by atoms with Crippen molar-refractivity contribution in [1.29, 1.82) is 0 Å². The highest BCUT2D eigenvalue weighted by Gasteiger charge is 2.25. The van der Waals surface area contributed by atoms with Gasteiger partial charge in [0.2, 0.25) is 5.91 Å². The lowest BCUT2D eigenvalue weighted by molar-refractivity contribution is -0.117. The SMILES string of the molecule is COc1ccc(C(=O)N2CCC(=CC(=O)N[C@@H]3CCN(Cc4ccc5cc(F)ccc5c4)C3)CC2)nc1. The maximum Gasteiger partial charge on any atom is 0.272 e. The highest BCUT2D eigenvalue weighted by atomic mass is 19.1. The molecule has 192 valence electrons. The number of hydrogen-bond acceptors (Lipinski definition) is 5. The second-order valence-electron chi connectivity index (χ2n) is 9.73. The van der Waals surface area contributed by atoms with Gasteiger partial charge >= 0.3 is 0 Å². The third-order valence-corrected chi connectivity index (χ3v) is 7.11. The van der Waals surface area contributed by atoms with Crippen molar-refractivity contribution in [1.82, 2.24) is 20.1 Å². The molecule has 0 saturated carbocycles. The minimum absolute atomic E-state index is 0.0637. The van der Waals surface area contributed by atoms with Gasteiger partial charge in [0, 0.05) is 44.8 Å². The molecule has 8 heteroatoms. The number of benzene rings is 2. The molecule has 0 radical (unpaired) electrons. The van der Waals surface area contributed by atoms with Crippen LogP contribution in [0.2, 0.25) is 0 Å². The van der Waals surface area contributed by atoms with Gasteiger partial charge in [0.25, 0.3) is 5.91 Å². The number of nitrogens with one attached hydrogen (secondary N) is 1. The lowest BCUT2D eigenvalue weighted by atomic mass is 10.0. The lowest BCUT2D eigenvalue weighted by Gasteiger charge is -2.28. The van der Waals surface area contributed by atoms with Crippen LogP contribution in [0.4, 0.5) is 4.39 Å². The first kappa shape index (κ1) is 24.9. The van der Waals surface area contributed by atoms with Crippen LogP contribution in [0, 0.1) is 5.82 Å². The van der Waals surface area contributed by atoms with Crippen LogP contribution < -0.4 is 10.1 Å². The molecule has 2 fully saturated rings. The number of hydrogen-bond donors (Lipinski definition) is 1. The van der Waals surface area contributed by atoms with E-state index in [-0.39, 0.29) is 23.7 Å². The molecule has 1 aromatic heterocycles. The summed E-state index contributed by atoms with van der Waals surface area (Å²) < 4.78 is 18.5. The normalized spacial score (nSPS) is 18.2. The Labute approximate surface area is 215 Å². The van der Waals surface area contributed by atoms with Gasteiger partial charge in [0.05, 0.1) is 13.3 Å². The Hall–Kier alpha value is -3.78. The Kier molecular flexibility index (Phi) is 7.46. The van der Waals surface area contributed by atoms with Gasteiger partial charge in [-0.05, 0) is 65.9 Å². The molecule has 1 N–H and O–H groups in total. The smallest absolute Gasteiger partial charge is 0.272 e. The largest absolute Gasteiger partial charge is 0.495 e. The molecule has 2 aromatic carbocycles. The van der Waals surface area contributed by atoms with Crippen LogP contribution >= 0.6 is 0 Å². The van der Waals surface area contributed by atoms with Gasteiger partial charge in [0.1, 0.15) is 17.3 Å². The van der Waals surface area contributed by atoms with Crippen LogP contribution in [-0.2, 0) is 11.3 Å². The molecule has 0 bridgehead atoms. The Morgan fingerprint density at radius 1 is 1.08 bits per heavy atom. The molecule has 0 aliphatic carbocycles. The first-order valence-electron chi connectivity index (χ1n) is 12.7. The maximum absolute atomic E-state index is 13.4. The van der Waals surface area contributed by atoms with Crippen LogP contribution in [-0.4, -0.2) is 65.9 Å². The number of rotatable bonds is 6. The van der Waals surface area contributed by atoms with Crippen molar-refractivity contribution in [3.05, 3.63) is 83.5 Å². The van der Waals surface area contributed by atoms with Crippen molar-refractivity contribution < 1.29 is 18.7 Å². The molecule has 37 heavy (non-hydrogen) atoms. The van der Waals surface area contributed by atoms with Gasteiger partial charge < -0.3 is 15.0 Å². The highest BCUT2D eigenvalue weighted by molar-refractivity contribution is 5.92. The standard InChI is InChI=1S/C29H31FN4O3/c1-37-26-6-7-27(31-17-26)29(36)34-12-8-20(9-13-34)15-28(35)32-25-10-11-33(19-25)18-21-2-3-23-16-24(30)5-4-22(23)14-21/h2-7,14-17,25H,8-13,18-19H2,1H3,(H,32,35)/t25-/m1/s1. The first-order chi connectivity index (χ1) is 18.0. The zero-order chi connectivity index (χ0) is 25.8. The van der Waals surface area contributed by atoms with Crippen molar-refractivity contribution in [2.45, 2.75) is 31.8 Å². The zero-order valence-electron chi connectivity index (χ0n) is 21.0. The summed E-state index contributed by atoms with van der Waals surface area (Å²) in [5.74, 6) is 0.225. The van der Waals surface area contributed by atoms with E-state index in [1.807, 2.05) is 18.2 Å². The number of fused-ring (bicyclic) bond motifs is 1. The summed E-state index contributed by atoms with van der Waals surface area (Å²) in [6, 6.07) is 14.5. The van der Waals surface area contributed by atoms with Gasteiger partial charge in [0.15, 0.2) is 0 Å². The number of carbonyl (C=O) groups is 2. The lowest BCUT2D eigenvalue weighted by Crippen LogP contribution is -2.38. The number of ether oxygens (including phenoxy) is 1. The molecule has 0 unspecified atom stereocenters. The number of amides is 2. The van der Waals surface area contributed by atoms with Crippen LogP contribution in [0.3, 0.4) is 0 Å². The number of methoxy groups -OCH3 is 1. The quantitative estimate of drug-likeness (QED) is 0.517. The minimum Gasteiger partial charge on any atom is -0.495 e. The number of carbonyl (C=O) groups excluding carboxylic acids is 2.